The molecule has 2 rings (SSSR count). The Morgan fingerprint density at radius 2 is 1.79 bits per heavy atom. The number of carbonyl (C=O) groups excluding carboxylic acids is 2. The fourth-order valence-corrected chi connectivity index (χ4v) is 4.21. The molecular weight excluding hydrogens is 416 g/mol. The Labute approximate surface area is 175 Å². The fraction of sp³-hybridized carbons (Fsp3) is 0.300. The van der Waals surface area contributed by atoms with Gasteiger partial charge in [-0.2, -0.15) is 0 Å². The maximum Gasteiger partial charge on any atom is 0.337 e. The van der Waals surface area contributed by atoms with Crippen LogP contribution in [0.1, 0.15) is 29.3 Å². The number of ether oxygens (including phenoxy) is 1. The molecule has 2 aromatic rings. The lowest BCUT2D eigenvalue weighted by Gasteiger charge is -2.30. The van der Waals surface area contributed by atoms with E-state index in [4.69, 9.17) is 11.6 Å². The van der Waals surface area contributed by atoms with Gasteiger partial charge in [-0.25, -0.2) is 13.2 Å². The highest BCUT2D eigenvalue weighted by atomic mass is 35.5. The Hall–Kier alpha value is -2.58. The van der Waals surface area contributed by atoms with Gasteiger partial charge in [-0.15, -0.1) is 0 Å². The van der Waals surface area contributed by atoms with Gasteiger partial charge in [-0.1, -0.05) is 36.2 Å². The predicted octanol–water partition coefficient (Wildman–Crippen LogP) is 3.62. The summed E-state index contributed by atoms with van der Waals surface area (Å²) in [5.74, 6) is -1.15. The first-order chi connectivity index (χ1) is 13.6. The second-order valence-corrected chi connectivity index (χ2v) is 8.76. The van der Waals surface area contributed by atoms with Crippen LogP contribution in [0.4, 0.5) is 11.4 Å². The Bertz CT molecular complexity index is 1010. The molecule has 0 saturated heterocycles. The van der Waals surface area contributed by atoms with Crippen LogP contribution in [0, 0.1) is 6.92 Å². The number of rotatable bonds is 7. The van der Waals surface area contributed by atoms with Crippen LogP contribution in [-0.4, -0.2) is 39.7 Å². The van der Waals surface area contributed by atoms with Crippen molar-refractivity contribution in [3.8, 4) is 0 Å². The van der Waals surface area contributed by atoms with E-state index in [1.54, 1.807) is 31.2 Å². The van der Waals surface area contributed by atoms with Gasteiger partial charge >= 0.3 is 5.97 Å². The SMILES string of the molecule is CC[C@H](C(=O)Nc1cc(C(=O)OC)ccc1Cl)N(c1ccc(C)cc1)S(C)(=O)=O. The Morgan fingerprint density at radius 3 is 2.31 bits per heavy atom. The molecule has 0 heterocycles. The van der Waals surface area contributed by atoms with E-state index in [1.807, 2.05) is 6.92 Å². The highest BCUT2D eigenvalue weighted by Gasteiger charge is 2.31. The summed E-state index contributed by atoms with van der Waals surface area (Å²) in [6.45, 7) is 3.60. The predicted molar refractivity (Wildman–Crippen MR) is 114 cm³/mol. The second-order valence-electron chi connectivity index (χ2n) is 6.49. The van der Waals surface area contributed by atoms with E-state index in [2.05, 4.69) is 10.1 Å². The molecule has 0 aliphatic rings. The number of halogens is 1. The third-order valence-electron chi connectivity index (χ3n) is 4.26. The van der Waals surface area contributed by atoms with Crippen LogP contribution in [0.25, 0.3) is 0 Å². The number of amides is 1. The topological polar surface area (TPSA) is 92.8 Å². The first-order valence-corrected chi connectivity index (χ1v) is 11.1. The number of sulfonamides is 1. The number of nitrogens with one attached hydrogen (secondary N) is 1. The van der Waals surface area contributed by atoms with Crippen molar-refractivity contribution in [2.24, 2.45) is 0 Å². The molecule has 0 aliphatic carbocycles. The van der Waals surface area contributed by atoms with Crippen LogP contribution in [0.5, 0.6) is 0 Å². The number of aryl methyl sites for hydroxylation is 1. The van der Waals surface area contributed by atoms with E-state index in [0.717, 1.165) is 16.1 Å². The van der Waals surface area contributed by atoms with Crippen LogP contribution in [-0.2, 0) is 19.6 Å². The van der Waals surface area contributed by atoms with Crippen molar-refractivity contribution in [1.29, 1.82) is 0 Å². The van der Waals surface area contributed by atoms with Gasteiger partial charge in [0.2, 0.25) is 15.9 Å². The Balaban J connectivity index is 2.40. The zero-order chi connectivity index (χ0) is 21.8. The molecule has 0 fully saturated rings. The number of anilines is 2. The van der Waals surface area contributed by atoms with Crippen molar-refractivity contribution >= 4 is 44.9 Å². The van der Waals surface area contributed by atoms with Crippen LogP contribution < -0.4 is 9.62 Å². The van der Waals surface area contributed by atoms with Gasteiger partial charge in [0.15, 0.2) is 0 Å². The molecule has 2 aromatic carbocycles. The number of esters is 1. The number of methoxy groups -OCH3 is 1. The molecule has 1 atom stereocenters. The zero-order valence-corrected chi connectivity index (χ0v) is 18.2. The maximum atomic E-state index is 13.0. The van der Waals surface area contributed by atoms with Gasteiger partial charge in [-0.05, 0) is 43.7 Å². The first kappa shape index (κ1) is 22.7. The monoisotopic (exact) mass is 438 g/mol. The molecule has 29 heavy (non-hydrogen) atoms. The molecule has 0 aliphatic heterocycles. The molecule has 1 N–H and O–H groups in total. The lowest BCUT2D eigenvalue weighted by molar-refractivity contribution is -0.117. The second kappa shape index (κ2) is 9.28. The van der Waals surface area contributed by atoms with Gasteiger partial charge in [0.1, 0.15) is 6.04 Å². The molecule has 9 heteroatoms. The van der Waals surface area contributed by atoms with E-state index in [9.17, 15) is 18.0 Å². The Morgan fingerprint density at radius 1 is 1.17 bits per heavy atom. The summed E-state index contributed by atoms with van der Waals surface area (Å²) >= 11 is 6.14. The smallest absolute Gasteiger partial charge is 0.337 e. The number of benzene rings is 2. The molecule has 1 amide bonds. The summed E-state index contributed by atoms with van der Waals surface area (Å²) in [7, 11) is -2.51. The highest BCUT2D eigenvalue weighted by Crippen LogP contribution is 2.27. The van der Waals surface area contributed by atoms with E-state index >= 15 is 0 Å². The van der Waals surface area contributed by atoms with E-state index < -0.39 is 27.9 Å². The summed E-state index contributed by atoms with van der Waals surface area (Å²) in [5, 5.41) is 2.84. The molecule has 0 unspecified atom stereocenters. The average molecular weight is 439 g/mol. The van der Waals surface area contributed by atoms with Crippen molar-refractivity contribution < 1.29 is 22.7 Å². The van der Waals surface area contributed by atoms with Gasteiger partial charge in [0.05, 0.1) is 35.3 Å². The minimum absolute atomic E-state index is 0.190. The third-order valence-corrected chi connectivity index (χ3v) is 5.77. The van der Waals surface area contributed by atoms with Crippen LogP contribution >= 0.6 is 11.6 Å². The number of nitrogens with zero attached hydrogens (tertiary/aromatic N) is 1. The fourth-order valence-electron chi connectivity index (χ4n) is 2.83. The van der Waals surface area contributed by atoms with Crippen LogP contribution in [0.2, 0.25) is 5.02 Å². The normalized spacial score (nSPS) is 12.2. The standard InChI is InChI=1S/C20H23ClN2O5S/c1-5-18(23(29(4,26)27)15-9-6-13(2)7-10-15)19(24)22-17-12-14(20(25)28-3)8-11-16(17)21/h6-12,18H,5H2,1-4H3,(H,22,24)/t18-/m1/s1. The first-order valence-electron chi connectivity index (χ1n) is 8.83. The molecule has 0 radical (unpaired) electrons. The van der Waals surface area contributed by atoms with Crippen LogP contribution in [0.3, 0.4) is 0 Å². The Kier molecular flexibility index (Phi) is 7.26. The minimum atomic E-state index is -3.75. The van der Waals surface area contributed by atoms with Gasteiger partial charge in [0, 0.05) is 0 Å². The molecule has 0 saturated carbocycles. The van der Waals surface area contributed by atoms with Crippen LogP contribution in [0.15, 0.2) is 42.5 Å². The van der Waals surface area contributed by atoms with Gasteiger partial charge in [0.25, 0.3) is 0 Å². The van der Waals surface area contributed by atoms with Gasteiger partial charge in [-0.3, -0.25) is 9.10 Å². The highest BCUT2D eigenvalue weighted by molar-refractivity contribution is 7.92. The summed E-state index contributed by atoms with van der Waals surface area (Å²) in [5.41, 5.74) is 1.75. The van der Waals surface area contributed by atoms with Crippen molar-refractivity contribution in [1.82, 2.24) is 0 Å². The van der Waals surface area contributed by atoms with Crippen molar-refractivity contribution in [3.05, 3.63) is 58.6 Å². The summed E-state index contributed by atoms with van der Waals surface area (Å²) in [6, 6.07) is 10.1. The van der Waals surface area contributed by atoms with Crippen molar-refractivity contribution in [2.45, 2.75) is 26.3 Å². The lowest BCUT2D eigenvalue weighted by atomic mass is 10.1. The van der Waals surface area contributed by atoms with Crippen molar-refractivity contribution in [3.63, 3.8) is 0 Å². The maximum absolute atomic E-state index is 13.0. The third kappa shape index (κ3) is 5.48. The number of hydrogen-bond acceptors (Lipinski definition) is 5. The summed E-state index contributed by atoms with van der Waals surface area (Å²) < 4.78 is 30.7. The molecule has 0 spiro atoms. The van der Waals surface area contributed by atoms with Crippen molar-refractivity contribution in [2.75, 3.05) is 23.0 Å². The lowest BCUT2D eigenvalue weighted by Crippen LogP contribution is -2.47. The quantitative estimate of drug-likeness (QED) is 0.666. The molecule has 7 nitrogen and oxygen atoms in total. The van der Waals surface area contributed by atoms with Gasteiger partial charge < -0.3 is 10.1 Å². The molecule has 0 aromatic heterocycles. The number of carbonyl (C=O) groups is 2. The zero-order valence-electron chi connectivity index (χ0n) is 16.6. The summed E-state index contributed by atoms with van der Waals surface area (Å²) in [6.07, 6.45) is 1.27. The largest absolute Gasteiger partial charge is 0.465 e. The van der Waals surface area contributed by atoms with E-state index in [1.165, 1.54) is 25.3 Å². The molecule has 156 valence electrons. The molecule has 0 bridgehead atoms. The minimum Gasteiger partial charge on any atom is -0.465 e. The number of hydrogen-bond donors (Lipinski definition) is 1. The van der Waals surface area contributed by atoms with E-state index in [0.29, 0.717) is 5.69 Å². The molecular formula is C20H23ClN2O5S. The average Bonchev–Trinajstić information content (AvgIpc) is 2.67. The summed E-state index contributed by atoms with van der Waals surface area (Å²) in [4.78, 5) is 24.7. The van der Waals surface area contributed by atoms with E-state index in [-0.39, 0.29) is 22.7 Å².